The average molecular weight is 273 g/mol. The maximum absolute atomic E-state index is 11.4. The lowest BCUT2D eigenvalue weighted by Crippen LogP contribution is -2.20. The molecule has 1 fully saturated rings. The Labute approximate surface area is 116 Å². The Balaban J connectivity index is 2.06. The Bertz CT molecular complexity index is 586. The maximum Gasteiger partial charge on any atom is 0.337 e. The maximum atomic E-state index is 11.4. The van der Waals surface area contributed by atoms with E-state index in [0.29, 0.717) is 5.56 Å². The zero-order valence-electron chi connectivity index (χ0n) is 10.5. The first-order valence-electron chi connectivity index (χ1n) is 6.40. The molecular weight excluding hydrogens is 258 g/mol. The first kappa shape index (κ1) is 12.2. The molecule has 98 valence electrons. The van der Waals surface area contributed by atoms with Crippen molar-refractivity contribution in [1.29, 1.82) is 0 Å². The summed E-state index contributed by atoms with van der Waals surface area (Å²) in [4.78, 5) is 13.5. The summed E-state index contributed by atoms with van der Waals surface area (Å²) in [7, 11) is 0. The molecule has 19 heavy (non-hydrogen) atoms. The number of hydrogen-bond acceptors (Lipinski definition) is 3. The minimum atomic E-state index is -0.848. The molecule has 0 radical (unpaired) electrons. The average Bonchev–Trinajstić information content (AvgIpc) is 3.11. The molecule has 1 aliphatic rings. The summed E-state index contributed by atoms with van der Waals surface area (Å²) in [5, 5.41) is 13.4. The highest BCUT2D eigenvalue weighted by Crippen LogP contribution is 2.31. The third-order valence-corrected chi connectivity index (χ3v) is 4.21. The zero-order chi connectivity index (χ0) is 13.2. The molecule has 2 aromatic rings. The highest BCUT2D eigenvalue weighted by Gasteiger charge is 2.19. The predicted octanol–water partition coefficient (Wildman–Crippen LogP) is 3.71. The van der Waals surface area contributed by atoms with E-state index in [0.717, 1.165) is 42.7 Å². The molecule has 0 amide bonds. The number of anilines is 1. The molecule has 1 aromatic carbocycles. The van der Waals surface area contributed by atoms with Gasteiger partial charge >= 0.3 is 5.97 Å². The highest BCUT2D eigenvalue weighted by molar-refractivity contribution is 7.08. The summed E-state index contributed by atoms with van der Waals surface area (Å²) in [6.45, 7) is 1.90. The molecule has 0 saturated carbocycles. The van der Waals surface area contributed by atoms with Crippen molar-refractivity contribution in [2.24, 2.45) is 0 Å². The van der Waals surface area contributed by atoms with Crippen LogP contribution >= 0.6 is 11.3 Å². The van der Waals surface area contributed by atoms with Crippen LogP contribution in [0, 0.1) is 0 Å². The number of aromatic carboxylic acids is 1. The second-order valence-electron chi connectivity index (χ2n) is 4.74. The lowest BCUT2D eigenvalue weighted by Gasteiger charge is -2.20. The summed E-state index contributed by atoms with van der Waals surface area (Å²) in [5.41, 5.74) is 3.50. The summed E-state index contributed by atoms with van der Waals surface area (Å²) < 4.78 is 0. The van der Waals surface area contributed by atoms with Crippen LogP contribution in [0.4, 0.5) is 5.69 Å². The second-order valence-corrected chi connectivity index (χ2v) is 5.52. The molecule has 1 N–H and O–H groups in total. The van der Waals surface area contributed by atoms with Crippen molar-refractivity contribution in [2.45, 2.75) is 12.8 Å². The van der Waals surface area contributed by atoms with E-state index in [-0.39, 0.29) is 0 Å². The lowest BCUT2D eigenvalue weighted by molar-refractivity contribution is 0.0697. The fourth-order valence-electron chi connectivity index (χ4n) is 2.54. The molecule has 4 heteroatoms. The molecular formula is C15H15NO2S. The van der Waals surface area contributed by atoms with E-state index in [1.807, 2.05) is 17.5 Å². The molecule has 0 spiro atoms. The Kier molecular flexibility index (Phi) is 3.25. The van der Waals surface area contributed by atoms with Crippen molar-refractivity contribution in [1.82, 2.24) is 0 Å². The Hall–Kier alpha value is -1.81. The number of carboxylic acid groups (broad SMARTS) is 1. The van der Waals surface area contributed by atoms with Crippen LogP contribution < -0.4 is 4.90 Å². The van der Waals surface area contributed by atoms with Crippen molar-refractivity contribution in [3.8, 4) is 11.1 Å². The lowest BCUT2D eigenvalue weighted by atomic mass is 10.0. The molecule has 0 atom stereocenters. The van der Waals surface area contributed by atoms with Gasteiger partial charge in [0.15, 0.2) is 0 Å². The number of carboxylic acids is 1. The largest absolute Gasteiger partial charge is 0.478 e. The highest BCUT2D eigenvalue weighted by atomic mass is 32.1. The van der Waals surface area contributed by atoms with Crippen molar-refractivity contribution >= 4 is 23.0 Å². The Morgan fingerprint density at radius 2 is 1.95 bits per heavy atom. The van der Waals surface area contributed by atoms with Gasteiger partial charge < -0.3 is 10.0 Å². The van der Waals surface area contributed by atoms with Gasteiger partial charge in [-0.05, 0) is 52.9 Å². The van der Waals surface area contributed by atoms with Gasteiger partial charge in [-0.25, -0.2) is 4.79 Å². The van der Waals surface area contributed by atoms with E-state index in [2.05, 4.69) is 16.3 Å². The van der Waals surface area contributed by atoms with Crippen LogP contribution in [0.5, 0.6) is 0 Å². The van der Waals surface area contributed by atoms with Crippen LogP contribution in [-0.2, 0) is 0 Å². The second kappa shape index (κ2) is 5.05. The summed E-state index contributed by atoms with van der Waals surface area (Å²) >= 11 is 1.65. The van der Waals surface area contributed by atoms with E-state index < -0.39 is 5.97 Å². The monoisotopic (exact) mass is 273 g/mol. The fourth-order valence-corrected chi connectivity index (χ4v) is 3.21. The van der Waals surface area contributed by atoms with E-state index in [1.54, 1.807) is 17.4 Å². The molecule has 2 heterocycles. The molecule has 0 unspecified atom stereocenters. The van der Waals surface area contributed by atoms with Crippen LogP contribution in [0.25, 0.3) is 11.1 Å². The van der Waals surface area contributed by atoms with Gasteiger partial charge in [0, 0.05) is 13.1 Å². The van der Waals surface area contributed by atoms with E-state index >= 15 is 0 Å². The number of benzene rings is 1. The SMILES string of the molecule is O=C(O)c1ccc(-c2ccsc2)cc1N1CCCC1. The first-order valence-corrected chi connectivity index (χ1v) is 7.35. The zero-order valence-corrected chi connectivity index (χ0v) is 11.3. The molecule has 0 aliphatic carbocycles. The van der Waals surface area contributed by atoms with E-state index in [9.17, 15) is 9.90 Å². The first-order chi connectivity index (χ1) is 9.25. The van der Waals surface area contributed by atoms with Gasteiger partial charge in [0.1, 0.15) is 0 Å². The molecule has 3 rings (SSSR count). The third kappa shape index (κ3) is 2.36. The summed E-state index contributed by atoms with van der Waals surface area (Å²) in [6.07, 6.45) is 2.28. The summed E-state index contributed by atoms with van der Waals surface area (Å²) in [5.74, 6) is -0.848. The molecule has 1 aromatic heterocycles. The molecule has 3 nitrogen and oxygen atoms in total. The molecule has 0 bridgehead atoms. The van der Waals surface area contributed by atoms with Gasteiger partial charge in [-0.15, -0.1) is 0 Å². The van der Waals surface area contributed by atoms with Crippen LogP contribution in [0.15, 0.2) is 35.0 Å². The van der Waals surface area contributed by atoms with Gasteiger partial charge in [-0.1, -0.05) is 6.07 Å². The predicted molar refractivity (Wildman–Crippen MR) is 78.2 cm³/mol. The van der Waals surface area contributed by atoms with Crippen molar-refractivity contribution in [3.05, 3.63) is 40.6 Å². The van der Waals surface area contributed by atoms with Crippen LogP contribution in [0.3, 0.4) is 0 Å². The quantitative estimate of drug-likeness (QED) is 0.926. The minimum Gasteiger partial charge on any atom is -0.478 e. The van der Waals surface area contributed by atoms with Crippen molar-refractivity contribution in [2.75, 3.05) is 18.0 Å². The normalized spacial score (nSPS) is 14.8. The smallest absolute Gasteiger partial charge is 0.337 e. The minimum absolute atomic E-state index is 0.404. The standard InChI is InChI=1S/C15H15NO2S/c17-15(18)13-4-3-11(12-5-8-19-10-12)9-14(13)16-6-1-2-7-16/h3-5,8-10H,1-2,6-7H2,(H,17,18). The number of hydrogen-bond donors (Lipinski definition) is 1. The summed E-state index contributed by atoms with van der Waals surface area (Å²) in [6, 6.07) is 7.69. The fraction of sp³-hybridized carbons (Fsp3) is 0.267. The number of carbonyl (C=O) groups is 1. The Morgan fingerprint density at radius 3 is 2.58 bits per heavy atom. The number of nitrogens with zero attached hydrogens (tertiary/aromatic N) is 1. The van der Waals surface area contributed by atoms with Crippen LogP contribution in [0.2, 0.25) is 0 Å². The van der Waals surface area contributed by atoms with Crippen molar-refractivity contribution in [3.63, 3.8) is 0 Å². The third-order valence-electron chi connectivity index (χ3n) is 3.53. The van der Waals surface area contributed by atoms with Gasteiger partial charge in [0.2, 0.25) is 0 Å². The number of rotatable bonds is 3. The van der Waals surface area contributed by atoms with Crippen LogP contribution in [-0.4, -0.2) is 24.2 Å². The molecule has 1 saturated heterocycles. The Morgan fingerprint density at radius 1 is 1.16 bits per heavy atom. The van der Waals surface area contributed by atoms with Gasteiger partial charge in [0.05, 0.1) is 11.3 Å². The van der Waals surface area contributed by atoms with Crippen LogP contribution in [0.1, 0.15) is 23.2 Å². The number of thiophene rings is 1. The van der Waals surface area contributed by atoms with Gasteiger partial charge in [-0.3, -0.25) is 0 Å². The van der Waals surface area contributed by atoms with Gasteiger partial charge in [-0.2, -0.15) is 11.3 Å². The van der Waals surface area contributed by atoms with E-state index in [1.165, 1.54) is 0 Å². The van der Waals surface area contributed by atoms with Gasteiger partial charge in [0.25, 0.3) is 0 Å². The van der Waals surface area contributed by atoms with Crippen molar-refractivity contribution < 1.29 is 9.90 Å². The van der Waals surface area contributed by atoms with E-state index in [4.69, 9.17) is 0 Å². The topological polar surface area (TPSA) is 40.5 Å². The molecule has 1 aliphatic heterocycles.